The second-order valence-electron chi connectivity index (χ2n) is 4.14. The highest BCUT2D eigenvalue weighted by molar-refractivity contribution is 7.13. The number of nitrogens with one attached hydrogen (secondary N) is 1. The fourth-order valence-corrected chi connectivity index (χ4v) is 1.99. The fraction of sp³-hybridized carbons (Fsp3) is 0.250. The van der Waals surface area contributed by atoms with Gasteiger partial charge in [0, 0.05) is 0 Å². The summed E-state index contributed by atoms with van der Waals surface area (Å²) < 4.78 is 0. The van der Waals surface area contributed by atoms with Gasteiger partial charge in [-0.05, 0) is 37.4 Å². The van der Waals surface area contributed by atoms with E-state index in [1.807, 2.05) is 29.6 Å². The van der Waals surface area contributed by atoms with Gasteiger partial charge in [-0.3, -0.25) is 0 Å². The molecule has 0 amide bonds. The Labute approximate surface area is 104 Å². The molecule has 2 aromatic heterocycles. The quantitative estimate of drug-likeness (QED) is 0.901. The Hall–Kier alpha value is -1.93. The van der Waals surface area contributed by atoms with Crippen molar-refractivity contribution in [3.8, 4) is 16.6 Å². The van der Waals surface area contributed by atoms with E-state index in [9.17, 15) is 0 Å². The van der Waals surface area contributed by atoms with E-state index in [-0.39, 0.29) is 0 Å². The molecule has 2 aromatic rings. The third kappa shape index (κ3) is 2.80. The van der Waals surface area contributed by atoms with Gasteiger partial charge in [0.05, 0.1) is 10.9 Å². The zero-order chi connectivity index (χ0) is 12.3. The molecule has 4 nitrogen and oxygen atoms in total. The minimum atomic E-state index is -0.640. The van der Waals surface area contributed by atoms with Crippen LogP contribution in [0, 0.1) is 11.3 Å². The highest BCUT2D eigenvalue weighted by Crippen LogP contribution is 2.22. The van der Waals surface area contributed by atoms with Crippen molar-refractivity contribution >= 4 is 17.2 Å². The first-order valence-electron chi connectivity index (χ1n) is 5.18. The molecular weight excluding hydrogens is 232 g/mol. The second-order valence-corrected chi connectivity index (χ2v) is 5.09. The topological polar surface area (TPSA) is 61.6 Å². The fourth-order valence-electron chi connectivity index (χ4n) is 1.30. The lowest BCUT2D eigenvalue weighted by Crippen LogP contribution is -2.29. The van der Waals surface area contributed by atoms with Crippen LogP contribution in [0.1, 0.15) is 13.8 Å². The minimum Gasteiger partial charge on any atom is -0.351 e. The van der Waals surface area contributed by atoms with E-state index < -0.39 is 5.54 Å². The molecule has 0 spiro atoms. The summed E-state index contributed by atoms with van der Waals surface area (Å²) in [5.74, 6) is 0.608. The van der Waals surface area contributed by atoms with Gasteiger partial charge >= 0.3 is 0 Å². The molecule has 0 unspecified atom stereocenters. The van der Waals surface area contributed by atoms with Crippen LogP contribution in [0.15, 0.2) is 29.6 Å². The van der Waals surface area contributed by atoms with Gasteiger partial charge in [-0.2, -0.15) is 5.26 Å². The molecule has 0 fully saturated rings. The van der Waals surface area contributed by atoms with Crippen LogP contribution in [0.3, 0.4) is 0 Å². The molecule has 0 saturated carbocycles. The maximum absolute atomic E-state index is 8.90. The number of aromatic nitrogens is 2. The molecule has 0 aliphatic rings. The number of rotatable bonds is 3. The average Bonchev–Trinajstić information content (AvgIpc) is 2.83. The highest BCUT2D eigenvalue weighted by atomic mass is 32.1. The Balaban J connectivity index is 2.17. The van der Waals surface area contributed by atoms with Crippen molar-refractivity contribution in [2.75, 3.05) is 5.32 Å². The van der Waals surface area contributed by atoms with E-state index in [2.05, 4.69) is 21.6 Å². The summed E-state index contributed by atoms with van der Waals surface area (Å²) in [5, 5.41) is 22.1. The van der Waals surface area contributed by atoms with Crippen molar-refractivity contribution in [3.05, 3.63) is 29.6 Å². The van der Waals surface area contributed by atoms with Gasteiger partial charge in [0.25, 0.3) is 0 Å². The molecule has 0 aliphatic heterocycles. The van der Waals surface area contributed by atoms with Gasteiger partial charge in [-0.15, -0.1) is 21.5 Å². The molecule has 0 saturated heterocycles. The van der Waals surface area contributed by atoms with E-state index in [1.165, 1.54) is 0 Å². The Morgan fingerprint density at radius 1 is 1.29 bits per heavy atom. The Bertz CT molecular complexity index is 523. The van der Waals surface area contributed by atoms with Crippen molar-refractivity contribution in [2.24, 2.45) is 0 Å². The van der Waals surface area contributed by atoms with Crippen LogP contribution in [0.4, 0.5) is 5.82 Å². The predicted octanol–water partition coefficient (Wildman–Crippen LogP) is 2.92. The molecule has 1 N–H and O–H groups in total. The van der Waals surface area contributed by atoms with Crippen LogP contribution in [-0.4, -0.2) is 15.7 Å². The van der Waals surface area contributed by atoms with Gasteiger partial charge in [0.1, 0.15) is 17.1 Å². The number of nitrogens with zero attached hydrogens (tertiary/aromatic N) is 3. The third-order valence-electron chi connectivity index (χ3n) is 2.16. The van der Waals surface area contributed by atoms with Gasteiger partial charge in [-0.1, -0.05) is 6.07 Å². The van der Waals surface area contributed by atoms with Crippen LogP contribution in [-0.2, 0) is 0 Å². The summed E-state index contributed by atoms with van der Waals surface area (Å²) in [4.78, 5) is 1.09. The van der Waals surface area contributed by atoms with Gasteiger partial charge in [0.15, 0.2) is 0 Å². The first-order valence-corrected chi connectivity index (χ1v) is 6.06. The molecule has 0 bridgehead atoms. The molecule has 0 radical (unpaired) electrons. The van der Waals surface area contributed by atoms with E-state index in [4.69, 9.17) is 5.26 Å². The smallest absolute Gasteiger partial charge is 0.149 e. The summed E-state index contributed by atoms with van der Waals surface area (Å²) in [5.41, 5.74) is 0.208. The standard InChI is InChI=1S/C12H12N4S/c1-12(2,8-13)14-11-6-5-9(15-16-11)10-4-3-7-17-10/h3-7H,1-2H3,(H,14,16). The SMILES string of the molecule is CC(C)(C#N)Nc1ccc(-c2cccs2)nn1. The summed E-state index contributed by atoms with van der Waals surface area (Å²) in [6.45, 7) is 3.59. The summed E-state index contributed by atoms with van der Waals surface area (Å²) in [6, 6.07) is 9.87. The largest absolute Gasteiger partial charge is 0.351 e. The molecule has 0 aromatic carbocycles. The van der Waals surface area contributed by atoms with Crippen LogP contribution >= 0.6 is 11.3 Å². The lowest BCUT2D eigenvalue weighted by Gasteiger charge is -2.17. The Kier molecular flexibility index (Phi) is 3.07. The molecule has 17 heavy (non-hydrogen) atoms. The highest BCUT2D eigenvalue weighted by Gasteiger charge is 2.16. The molecule has 2 heterocycles. The molecular formula is C12H12N4S. The third-order valence-corrected chi connectivity index (χ3v) is 3.05. The van der Waals surface area contributed by atoms with Crippen LogP contribution in [0.2, 0.25) is 0 Å². The second kappa shape index (κ2) is 4.52. The molecule has 5 heteroatoms. The molecule has 0 aliphatic carbocycles. The van der Waals surface area contributed by atoms with Crippen LogP contribution in [0.25, 0.3) is 10.6 Å². The monoisotopic (exact) mass is 244 g/mol. The Morgan fingerprint density at radius 3 is 2.65 bits per heavy atom. The van der Waals surface area contributed by atoms with E-state index >= 15 is 0 Å². The zero-order valence-electron chi connectivity index (χ0n) is 9.64. The number of hydrogen-bond donors (Lipinski definition) is 1. The summed E-state index contributed by atoms with van der Waals surface area (Å²) in [6.07, 6.45) is 0. The average molecular weight is 244 g/mol. The minimum absolute atomic E-state index is 0.608. The van der Waals surface area contributed by atoms with Crippen molar-refractivity contribution in [1.29, 1.82) is 5.26 Å². The van der Waals surface area contributed by atoms with Gasteiger partial charge in [0.2, 0.25) is 0 Å². The summed E-state index contributed by atoms with van der Waals surface area (Å²) in [7, 11) is 0. The Morgan fingerprint density at radius 2 is 2.12 bits per heavy atom. The van der Waals surface area contributed by atoms with E-state index in [0.29, 0.717) is 5.82 Å². The molecule has 0 atom stereocenters. The van der Waals surface area contributed by atoms with Crippen LogP contribution < -0.4 is 5.32 Å². The summed E-state index contributed by atoms with van der Waals surface area (Å²) >= 11 is 1.62. The molecule has 86 valence electrons. The van der Waals surface area contributed by atoms with E-state index in [0.717, 1.165) is 10.6 Å². The number of nitriles is 1. The lowest BCUT2D eigenvalue weighted by molar-refractivity contribution is 0.719. The van der Waals surface area contributed by atoms with Crippen molar-refractivity contribution in [2.45, 2.75) is 19.4 Å². The number of anilines is 1. The van der Waals surface area contributed by atoms with Gasteiger partial charge in [-0.25, -0.2) is 0 Å². The predicted molar refractivity (Wildman–Crippen MR) is 68.7 cm³/mol. The van der Waals surface area contributed by atoms with E-state index in [1.54, 1.807) is 25.2 Å². The maximum Gasteiger partial charge on any atom is 0.149 e. The first kappa shape index (κ1) is 11.6. The zero-order valence-corrected chi connectivity index (χ0v) is 10.5. The number of hydrogen-bond acceptors (Lipinski definition) is 5. The van der Waals surface area contributed by atoms with Crippen molar-refractivity contribution < 1.29 is 0 Å². The lowest BCUT2D eigenvalue weighted by atomic mass is 10.1. The van der Waals surface area contributed by atoms with Crippen molar-refractivity contribution in [1.82, 2.24) is 10.2 Å². The maximum atomic E-state index is 8.90. The van der Waals surface area contributed by atoms with Crippen molar-refractivity contribution in [3.63, 3.8) is 0 Å². The molecule has 2 rings (SSSR count). The van der Waals surface area contributed by atoms with Crippen LogP contribution in [0.5, 0.6) is 0 Å². The normalized spacial score (nSPS) is 10.9. The first-order chi connectivity index (χ1) is 8.11. The number of thiophene rings is 1. The van der Waals surface area contributed by atoms with Gasteiger partial charge < -0.3 is 5.32 Å².